The van der Waals surface area contributed by atoms with E-state index >= 15 is 0 Å². The van der Waals surface area contributed by atoms with Crippen molar-refractivity contribution in [2.75, 3.05) is 5.01 Å². The summed E-state index contributed by atoms with van der Waals surface area (Å²) in [6.07, 6.45) is 4.23. The molecule has 0 bridgehead atoms. The number of pyridine rings is 1. The van der Waals surface area contributed by atoms with Crippen LogP contribution in [-0.2, 0) is 4.79 Å². The third-order valence-electron chi connectivity index (χ3n) is 2.08. The van der Waals surface area contributed by atoms with Gasteiger partial charge in [-0.1, -0.05) is 23.2 Å². The largest absolute Gasteiger partial charge is 0.478 e. The summed E-state index contributed by atoms with van der Waals surface area (Å²) in [6.45, 7) is 0. The lowest BCUT2D eigenvalue weighted by molar-refractivity contribution is -0.138. The van der Waals surface area contributed by atoms with Gasteiger partial charge in [-0.15, -0.1) is 0 Å². The molecule has 0 saturated heterocycles. The minimum atomic E-state index is -1.71. The van der Waals surface area contributed by atoms with Crippen LogP contribution >= 0.6 is 23.2 Å². The maximum atomic E-state index is 11.1. The number of hydrogen-bond donors (Lipinski definition) is 2. The first kappa shape index (κ1) is 11.0. The highest BCUT2D eigenvalue weighted by Gasteiger charge is 2.45. The van der Waals surface area contributed by atoms with E-state index in [-0.39, 0.29) is 5.82 Å². The first-order chi connectivity index (χ1) is 7.55. The van der Waals surface area contributed by atoms with E-state index in [1.165, 1.54) is 23.5 Å². The molecule has 0 radical (unpaired) electrons. The van der Waals surface area contributed by atoms with Crippen LogP contribution < -0.4 is 10.4 Å². The number of rotatable bonds is 2. The maximum Gasteiger partial charge on any atom is 0.351 e. The van der Waals surface area contributed by atoms with Gasteiger partial charge in [0.05, 0.1) is 5.02 Å². The Labute approximate surface area is 101 Å². The zero-order valence-electron chi connectivity index (χ0n) is 7.89. The molecule has 0 spiro atoms. The molecule has 0 aromatic carbocycles. The molecule has 1 aliphatic heterocycles. The summed E-state index contributed by atoms with van der Waals surface area (Å²) in [6, 6.07) is 3.25. The Bertz CT molecular complexity index is 466. The molecule has 1 aromatic rings. The first-order valence-corrected chi connectivity index (χ1v) is 5.08. The fourth-order valence-corrected chi connectivity index (χ4v) is 1.71. The average molecular weight is 260 g/mol. The van der Waals surface area contributed by atoms with Gasteiger partial charge in [0, 0.05) is 12.4 Å². The van der Waals surface area contributed by atoms with Crippen LogP contribution in [0, 0.1) is 0 Å². The maximum absolute atomic E-state index is 11.1. The second kappa shape index (κ2) is 3.84. The molecule has 1 aliphatic rings. The van der Waals surface area contributed by atoms with Crippen molar-refractivity contribution in [3.05, 3.63) is 35.6 Å². The van der Waals surface area contributed by atoms with E-state index in [0.29, 0.717) is 5.02 Å². The molecule has 2 heterocycles. The zero-order chi connectivity index (χ0) is 11.8. The molecule has 5 nitrogen and oxygen atoms in total. The van der Waals surface area contributed by atoms with Crippen LogP contribution in [0.1, 0.15) is 0 Å². The average Bonchev–Trinajstić information content (AvgIpc) is 2.63. The number of alkyl halides is 1. The third kappa shape index (κ3) is 1.58. The summed E-state index contributed by atoms with van der Waals surface area (Å²) < 4.78 is 0. The Morgan fingerprint density at radius 3 is 3.00 bits per heavy atom. The molecule has 0 aliphatic carbocycles. The lowest BCUT2D eigenvalue weighted by Crippen LogP contribution is -2.51. The van der Waals surface area contributed by atoms with Gasteiger partial charge in [0.15, 0.2) is 5.82 Å². The number of carboxylic acids is 1. The predicted octanol–water partition coefficient (Wildman–Crippen LogP) is 1.59. The third-order valence-corrected chi connectivity index (χ3v) is 2.84. The van der Waals surface area contributed by atoms with E-state index < -0.39 is 11.0 Å². The number of nitrogens with one attached hydrogen (secondary N) is 1. The van der Waals surface area contributed by atoms with Crippen molar-refractivity contribution in [2.24, 2.45) is 0 Å². The topological polar surface area (TPSA) is 65.5 Å². The molecule has 0 fully saturated rings. The summed E-state index contributed by atoms with van der Waals surface area (Å²) in [7, 11) is 0. The zero-order valence-corrected chi connectivity index (χ0v) is 9.40. The van der Waals surface area contributed by atoms with Gasteiger partial charge in [-0.2, -0.15) is 0 Å². The van der Waals surface area contributed by atoms with Crippen LogP contribution in [0.4, 0.5) is 5.82 Å². The van der Waals surface area contributed by atoms with Gasteiger partial charge in [-0.25, -0.2) is 14.8 Å². The van der Waals surface area contributed by atoms with Crippen LogP contribution in [0.3, 0.4) is 0 Å². The summed E-state index contributed by atoms with van der Waals surface area (Å²) in [5, 5.41) is 10.5. The van der Waals surface area contributed by atoms with Crippen molar-refractivity contribution in [2.45, 2.75) is 5.00 Å². The second-order valence-electron chi connectivity index (χ2n) is 3.09. The Morgan fingerprint density at radius 2 is 2.38 bits per heavy atom. The summed E-state index contributed by atoms with van der Waals surface area (Å²) in [5.74, 6) is -0.955. The van der Waals surface area contributed by atoms with Crippen molar-refractivity contribution in [3.8, 4) is 0 Å². The van der Waals surface area contributed by atoms with Crippen LogP contribution in [-0.4, -0.2) is 21.1 Å². The fraction of sp³-hybridized carbons (Fsp3) is 0.111. The molecule has 2 N–H and O–H groups in total. The van der Waals surface area contributed by atoms with Crippen molar-refractivity contribution in [3.63, 3.8) is 0 Å². The van der Waals surface area contributed by atoms with Gasteiger partial charge < -0.3 is 10.5 Å². The van der Waals surface area contributed by atoms with E-state index in [1.54, 1.807) is 12.1 Å². The van der Waals surface area contributed by atoms with Crippen LogP contribution in [0.25, 0.3) is 0 Å². The highest BCUT2D eigenvalue weighted by molar-refractivity contribution is 6.38. The van der Waals surface area contributed by atoms with Gasteiger partial charge in [0.2, 0.25) is 0 Å². The number of aliphatic carboxylic acids is 1. The Kier molecular flexibility index (Phi) is 2.65. The van der Waals surface area contributed by atoms with E-state index in [9.17, 15) is 4.79 Å². The molecule has 84 valence electrons. The highest BCUT2D eigenvalue weighted by Crippen LogP contribution is 2.33. The van der Waals surface area contributed by atoms with Gasteiger partial charge in [-0.05, 0) is 18.2 Å². The molecule has 2 rings (SSSR count). The number of carboxylic acid groups (broad SMARTS) is 1. The molecule has 1 unspecified atom stereocenters. The van der Waals surface area contributed by atoms with Gasteiger partial charge in [0.25, 0.3) is 5.00 Å². The summed E-state index contributed by atoms with van der Waals surface area (Å²) in [5.41, 5.74) is 2.68. The monoisotopic (exact) mass is 259 g/mol. The van der Waals surface area contributed by atoms with Crippen molar-refractivity contribution in [1.82, 2.24) is 10.4 Å². The summed E-state index contributed by atoms with van der Waals surface area (Å²) in [4.78, 5) is 13.4. The van der Waals surface area contributed by atoms with Crippen molar-refractivity contribution >= 4 is 35.0 Å². The van der Waals surface area contributed by atoms with Crippen LogP contribution in [0.2, 0.25) is 5.02 Å². The van der Waals surface area contributed by atoms with Crippen molar-refractivity contribution in [1.29, 1.82) is 0 Å². The molecule has 0 saturated carbocycles. The Hall–Kier alpha value is -1.46. The molecular weight excluding hydrogens is 253 g/mol. The quantitative estimate of drug-likeness (QED) is 0.624. The minimum absolute atomic E-state index is 0.256. The number of hydrazine groups is 1. The molecule has 16 heavy (non-hydrogen) atoms. The molecule has 0 amide bonds. The number of halogens is 2. The van der Waals surface area contributed by atoms with E-state index in [2.05, 4.69) is 10.4 Å². The lowest BCUT2D eigenvalue weighted by atomic mass is 10.3. The molecule has 1 aromatic heterocycles. The van der Waals surface area contributed by atoms with E-state index in [0.717, 1.165) is 0 Å². The summed E-state index contributed by atoms with van der Waals surface area (Å²) >= 11 is 11.9. The molecular formula is C9H7Cl2N3O2. The second-order valence-corrected chi connectivity index (χ2v) is 4.07. The van der Waals surface area contributed by atoms with Gasteiger partial charge in [0.1, 0.15) is 0 Å². The standard InChI is InChI=1S/C9H7Cl2N3O2/c10-6-2-1-4-12-7(6)14-9(11,8(15)16)3-5-13-14/h1-5,13H,(H,15,16). The molecule has 1 atom stereocenters. The number of aromatic nitrogens is 1. The lowest BCUT2D eigenvalue weighted by Gasteiger charge is -2.29. The number of hydrogen-bond acceptors (Lipinski definition) is 4. The van der Waals surface area contributed by atoms with E-state index in [1.807, 2.05) is 0 Å². The minimum Gasteiger partial charge on any atom is -0.478 e. The normalized spacial score (nSPS) is 23.2. The Balaban J connectivity index is 2.43. The fourth-order valence-electron chi connectivity index (χ4n) is 1.31. The smallest absolute Gasteiger partial charge is 0.351 e. The number of nitrogens with zero attached hydrogens (tertiary/aromatic N) is 2. The number of carbonyl (C=O) groups is 1. The first-order valence-electron chi connectivity index (χ1n) is 4.32. The van der Waals surface area contributed by atoms with Gasteiger partial charge >= 0.3 is 5.97 Å². The van der Waals surface area contributed by atoms with E-state index in [4.69, 9.17) is 28.3 Å². The van der Waals surface area contributed by atoms with Crippen molar-refractivity contribution < 1.29 is 9.90 Å². The number of anilines is 1. The Morgan fingerprint density at radius 1 is 1.62 bits per heavy atom. The van der Waals surface area contributed by atoms with Crippen LogP contribution in [0.15, 0.2) is 30.6 Å². The predicted molar refractivity (Wildman–Crippen MR) is 60.2 cm³/mol. The molecule has 7 heteroatoms. The van der Waals surface area contributed by atoms with Crippen LogP contribution in [0.5, 0.6) is 0 Å². The van der Waals surface area contributed by atoms with Gasteiger partial charge in [-0.3, -0.25) is 0 Å². The highest BCUT2D eigenvalue weighted by atomic mass is 35.5. The SMILES string of the molecule is O=C(O)C1(Cl)C=CNN1c1ncccc1Cl.